The number of methoxy groups -OCH3 is 2. The van der Waals surface area contributed by atoms with Crippen LogP contribution in [0.2, 0.25) is 0 Å². The SMILES string of the molecule is COc1ccc(OC)c(CC(Cl)C(=O)O)c1. The van der Waals surface area contributed by atoms with Crippen molar-refractivity contribution >= 4 is 17.6 Å². The molecular formula is C11H13ClO4. The van der Waals surface area contributed by atoms with Crippen molar-refractivity contribution in [2.24, 2.45) is 0 Å². The highest BCUT2D eigenvalue weighted by Gasteiger charge is 2.17. The largest absolute Gasteiger partial charge is 0.497 e. The first-order valence-electron chi connectivity index (χ1n) is 4.66. The van der Waals surface area contributed by atoms with Gasteiger partial charge in [-0.2, -0.15) is 0 Å². The highest BCUT2D eigenvalue weighted by Crippen LogP contribution is 2.26. The Morgan fingerprint density at radius 1 is 1.44 bits per heavy atom. The molecule has 0 heterocycles. The van der Waals surface area contributed by atoms with Gasteiger partial charge in [-0.05, 0) is 23.8 Å². The van der Waals surface area contributed by atoms with E-state index in [-0.39, 0.29) is 6.42 Å². The maximum atomic E-state index is 10.7. The molecule has 0 fully saturated rings. The van der Waals surface area contributed by atoms with E-state index in [0.29, 0.717) is 17.1 Å². The molecule has 0 aromatic heterocycles. The predicted molar refractivity (Wildman–Crippen MR) is 60.5 cm³/mol. The Hall–Kier alpha value is -1.42. The van der Waals surface area contributed by atoms with Crippen LogP contribution < -0.4 is 9.47 Å². The molecule has 0 aliphatic rings. The first-order chi connectivity index (χ1) is 7.58. The normalized spacial score (nSPS) is 11.9. The van der Waals surface area contributed by atoms with Gasteiger partial charge in [0.2, 0.25) is 0 Å². The monoisotopic (exact) mass is 244 g/mol. The molecule has 1 rings (SSSR count). The third kappa shape index (κ3) is 3.03. The Bertz CT molecular complexity index is 378. The van der Waals surface area contributed by atoms with Gasteiger partial charge in [-0.3, -0.25) is 4.79 Å². The lowest BCUT2D eigenvalue weighted by Gasteiger charge is -2.11. The maximum Gasteiger partial charge on any atom is 0.321 e. The summed E-state index contributed by atoms with van der Waals surface area (Å²) in [6.45, 7) is 0. The second-order valence-corrected chi connectivity index (χ2v) is 3.71. The quantitative estimate of drug-likeness (QED) is 0.805. The number of carboxylic acid groups (broad SMARTS) is 1. The fourth-order valence-electron chi connectivity index (χ4n) is 1.32. The van der Waals surface area contributed by atoms with Gasteiger partial charge in [0.15, 0.2) is 0 Å². The van der Waals surface area contributed by atoms with E-state index >= 15 is 0 Å². The molecule has 5 heteroatoms. The first-order valence-corrected chi connectivity index (χ1v) is 5.10. The van der Waals surface area contributed by atoms with Crippen molar-refractivity contribution in [2.45, 2.75) is 11.8 Å². The van der Waals surface area contributed by atoms with Gasteiger partial charge < -0.3 is 14.6 Å². The minimum absolute atomic E-state index is 0.192. The highest BCUT2D eigenvalue weighted by molar-refractivity contribution is 6.29. The molecule has 16 heavy (non-hydrogen) atoms. The molecule has 0 aliphatic carbocycles. The molecule has 1 aromatic carbocycles. The van der Waals surface area contributed by atoms with E-state index in [1.807, 2.05) is 0 Å². The van der Waals surface area contributed by atoms with E-state index in [4.69, 9.17) is 26.2 Å². The molecular weight excluding hydrogens is 232 g/mol. The molecule has 1 aromatic rings. The Labute approximate surface area is 98.7 Å². The molecule has 0 spiro atoms. The summed E-state index contributed by atoms with van der Waals surface area (Å²) in [5.74, 6) is 0.198. The number of halogens is 1. The summed E-state index contributed by atoms with van der Waals surface area (Å²) in [5.41, 5.74) is 0.712. The molecule has 1 atom stereocenters. The van der Waals surface area contributed by atoms with E-state index in [0.717, 1.165) is 0 Å². The van der Waals surface area contributed by atoms with E-state index in [1.54, 1.807) is 25.3 Å². The molecule has 0 saturated heterocycles. The van der Waals surface area contributed by atoms with Crippen LogP contribution in [-0.4, -0.2) is 30.7 Å². The summed E-state index contributed by atoms with van der Waals surface area (Å²) in [6, 6.07) is 5.18. The Balaban J connectivity index is 2.95. The van der Waals surface area contributed by atoms with Crippen LogP contribution in [-0.2, 0) is 11.2 Å². The lowest BCUT2D eigenvalue weighted by Crippen LogP contribution is -2.16. The van der Waals surface area contributed by atoms with E-state index in [2.05, 4.69) is 0 Å². The fraction of sp³-hybridized carbons (Fsp3) is 0.364. The van der Waals surface area contributed by atoms with Crippen molar-refractivity contribution < 1.29 is 19.4 Å². The third-order valence-electron chi connectivity index (χ3n) is 2.15. The molecule has 0 aliphatic heterocycles. The topological polar surface area (TPSA) is 55.8 Å². The number of carbonyl (C=O) groups is 1. The molecule has 1 unspecified atom stereocenters. The number of benzene rings is 1. The predicted octanol–water partition coefficient (Wildman–Crippen LogP) is 1.94. The van der Waals surface area contributed by atoms with Crippen LogP contribution >= 0.6 is 11.6 Å². The summed E-state index contributed by atoms with van der Waals surface area (Å²) in [6.07, 6.45) is 0.192. The second kappa shape index (κ2) is 5.61. The van der Waals surface area contributed by atoms with Crippen molar-refractivity contribution in [3.63, 3.8) is 0 Å². The Kier molecular flexibility index (Phi) is 4.43. The zero-order chi connectivity index (χ0) is 12.1. The summed E-state index contributed by atoms with van der Waals surface area (Å²) in [7, 11) is 3.07. The number of hydrogen-bond acceptors (Lipinski definition) is 3. The van der Waals surface area contributed by atoms with Crippen LogP contribution in [0.3, 0.4) is 0 Å². The number of ether oxygens (including phenoxy) is 2. The van der Waals surface area contributed by atoms with Crippen LogP contribution in [0.1, 0.15) is 5.56 Å². The van der Waals surface area contributed by atoms with Crippen LogP contribution in [0.25, 0.3) is 0 Å². The number of carboxylic acids is 1. The molecule has 0 saturated carbocycles. The van der Waals surface area contributed by atoms with Crippen LogP contribution in [0.4, 0.5) is 0 Å². The molecule has 4 nitrogen and oxygen atoms in total. The summed E-state index contributed by atoms with van der Waals surface area (Å²) >= 11 is 5.68. The van der Waals surface area contributed by atoms with E-state index in [9.17, 15) is 4.79 Å². The molecule has 0 bridgehead atoms. The van der Waals surface area contributed by atoms with Gasteiger partial charge in [-0.15, -0.1) is 11.6 Å². The summed E-state index contributed by atoms with van der Waals surface area (Å²) in [5, 5.41) is 7.76. The molecule has 0 radical (unpaired) electrons. The van der Waals surface area contributed by atoms with Gasteiger partial charge in [0.25, 0.3) is 0 Å². The van der Waals surface area contributed by atoms with E-state index in [1.165, 1.54) is 7.11 Å². The second-order valence-electron chi connectivity index (χ2n) is 3.19. The first kappa shape index (κ1) is 12.6. The standard InChI is InChI=1S/C11H13ClO4/c1-15-8-3-4-10(16-2)7(5-8)6-9(12)11(13)14/h3-5,9H,6H2,1-2H3,(H,13,14). The van der Waals surface area contributed by atoms with E-state index < -0.39 is 11.3 Å². The van der Waals surface area contributed by atoms with Gasteiger partial charge in [-0.1, -0.05) is 0 Å². The van der Waals surface area contributed by atoms with Crippen LogP contribution in [0, 0.1) is 0 Å². The van der Waals surface area contributed by atoms with Crippen molar-refractivity contribution in [1.29, 1.82) is 0 Å². The zero-order valence-corrected chi connectivity index (χ0v) is 9.82. The van der Waals surface area contributed by atoms with Gasteiger partial charge in [0.1, 0.15) is 16.9 Å². The van der Waals surface area contributed by atoms with Crippen molar-refractivity contribution in [3.8, 4) is 11.5 Å². The molecule has 1 N–H and O–H groups in total. The summed E-state index contributed by atoms with van der Waals surface area (Å²) < 4.78 is 10.2. The highest BCUT2D eigenvalue weighted by atomic mass is 35.5. The van der Waals surface area contributed by atoms with Crippen molar-refractivity contribution in [2.75, 3.05) is 14.2 Å². The number of rotatable bonds is 5. The number of alkyl halides is 1. The third-order valence-corrected chi connectivity index (χ3v) is 2.50. The van der Waals surface area contributed by atoms with Crippen molar-refractivity contribution in [1.82, 2.24) is 0 Å². The fourth-order valence-corrected chi connectivity index (χ4v) is 1.49. The van der Waals surface area contributed by atoms with Gasteiger partial charge in [-0.25, -0.2) is 0 Å². The Morgan fingerprint density at radius 3 is 2.62 bits per heavy atom. The van der Waals surface area contributed by atoms with Crippen LogP contribution in [0.5, 0.6) is 11.5 Å². The number of aliphatic carboxylic acids is 1. The van der Waals surface area contributed by atoms with Crippen LogP contribution in [0.15, 0.2) is 18.2 Å². The Morgan fingerprint density at radius 2 is 2.12 bits per heavy atom. The average molecular weight is 245 g/mol. The lowest BCUT2D eigenvalue weighted by atomic mass is 10.1. The molecule has 88 valence electrons. The lowest BCUT2D eigenvalue weighted by molar-refractivity contribution is -0.136. The minimum Gasteiger partial charge on any atom is -0.497 e. The van der Waals surface area contributed by atoms with Gasteiger partial charge in [0.05, 0.1) is 14.2 Å². The van der Waals surface area contributed by atoms with Gasteiger partial charge in [0, 0.05) is 6.42 Å². The van der Waals surface area contributed by atoms with Crippen molar-refractivity contribution in [3.05, 3.63) is 23.8 Å². The molecule has 0 amide bonds. The zero-order valence-electron chi connectivity index (χ0n) is 9.07. The minimum atomic E-state index is -1.05. The summed E-state index contributed by atoms with van der Waals surface area (Å²) in [4.78, 5) is 10.7. The van der Waals surface area contributed by atoms with Gasteiger partial charge >= 0.3 is 5.97 Å². The average Bonchev–Trinajstić information content (AvgIpc) is 2.28. The smallest absolute Gasteiger partial charge is 0.321 e. The maximum absolute atomic E-state index is 10.7. The number of hydrogen-bond donors (Lipinski definition) is 1.